The summed E-state index contributed by atoms with van der Waals surface area (Å²) in [5.41, 5.74) is 0. The summed E-state index contributed by atoms with van der Waals surface area (Å²) in [6, 6.07) is -0.840. The van der Waals surface area contributed by atoms with Crippen LogP contribution < -0.4 is 10.6 Å². The molecule has 2 fully saturated rings. The molecule has 2 aliphatic heterocycles. The van der Waals surface area contributed by atoms with Crippen molar-refractivity contribution in [2.75, 3.05) is 26.3 Å². The Morgan fingerprint density at radius 2 is 2.00 bits per heavy atom. The van der Waals surface area contributed by atoms with Gasteiger partial charge in [-0.25, -0.2) is 4.79 Å². The second kappa shape index (κ2) is 6.08. The lowest BCUT2D eigenvalue weighted by Gasteiger charge is -2.22. The molecule has 3 N–H and O–H groups in total. The van der Waals surface area contributed by atoms with Gasteiger partial charge < -0.3 is 25.4 Å². The van der Waals surface area contributed by atoms with Crippen LogP contribution in [0.2, 0.25) is 0 Å². The molecule has 0 spiro atoms. The minimum atomic E-state index is -0.967. The number of carboxylic acid groups (broad SMARTS) is 1. The largest absolute Gasteiger partial charge is 0.481 e. The summed E-state index contributed by atoms with van der Waals surface area (Å²) in [5.74, 6) is -1.79. The molecule has 0 radical (unpaired) electrons. The van der Waals surface area contributed by atoms with Crippen LogP contribution in [0.15, 0.2) is 0 Å². The van der Waals surface area contributed by atoms with E-state index in [1.165, 1.54) is 6.92 Å². The van der Waals surface area contributed by atoms with E-state index in [4.69, 9.17) is 9.84 Å². The molecule has 0 aromatic heterocycles. The fourth-order valence-corrected chi connectivity index (χ4v) is 2.54. The maximum atomic E-state index is 12.1. The molecule has 8 nitrogen and oxygen atoms in total. The third-order valence-corrected chi connectivity index (χ3v) is 3.59. The van der Waals surface area contributed by atoms with Crippen molar-refractivity contribution < 1.29 is 24.2 Å². The number of carbonyl (C=O) groups excluding carboxylic acids is 2. The number of hydrogen-bond acceptors (Lipinski definition) is 4. The molecule has 2 aliphatic rings. The van der Waals surface area contributed by atoms with Crippen molar-refractivity contribution in [1.29, 1.82) is 0 Å². The molecule has 8 heteroatoms. The Labute approximate surface area is 116 Å². The normalized spacial score (nSPS) is 29.2. The van der Waals surface area contributed by atoms with E-state index in [1.54, 1.807) is 4.90 Å². The van der Waals surface area contributed by atoms with Crippen LogP contribution in [0, 0.1) is 5.92 Å². The minimum absolute atomic E-state index is 0.0339. The summed E-state index contributed by atoms with van der Waals surface area (Å²) in [4.78, 5) is 35.6. The number of amides is 3. The van der Waals surface area contributed by atoms with E-state index in [-0.39, 0.29) is 31.2 Å². The Bertz CT molecular complexity index is 414. The van der Waals surface area contributed by atoms with Crippen molar-refractivity contribution in [2.45, 2.75) is 25.4 Å². The van der Waals surface area contributed by atoms with Crippen LogP contribution in [-0.2, 0) is 14.3 Å². The van der Waals surface area contributed by atoms with Crippen LogP contribution >= 0.6 is 0 Å². The lowest BCUT2D eigenvalue weighted by atomic mass is 10.0. The van der Waals surface area contributed by atoms with E-state index >= 15 is 0 Å². The Balaban J connectivity index is 1.83. The third kappa shape index (κ3) is 3.38. The molecular formula is C12H19N3O5. The van der Waals surface area contributed by atoms with E-state index < -0.39 is 17.9 Å². The molecule has 2 heterocycles. The molecule has 2 rings (SSSR count). The van der Waals surface area contributed by atoms with Crippen molar-refractivity contribution in [3.05, 3.63) is 0 Å². The molecule has 2 saturated heterocycles. The Morgan fingerprint density at radius 1 is 1.25 bits per heavy atom. The number of hydrogen-bond donors (Lipinski definition) is 3. The summed E-state index contributed by atoms with van der Waals surface area (Å²) in [6.07, 6.45) is 0.705. The van der Waals surface area contributed by atoms with Gasteiger partial charge in [0, 0.05) is 26.1 Å². The number of carbonyl (C=O) groups is 3. The van der Waals surface area contributed by atoms with Gasteiger partial charge in [-0.15, -0.1) is 0 Å². The fourth-order valence-electron chi connectivity index (χ4n) is 2.54. The van der Waals surface area contributed by atoms with Gasteiger partial charge in [-0.1, -0.05) is 0 Å². The van der Waals surface area contributed by atoms with Gasteiger partial charge in [-0.3, -0.25) is 9.59 Å². The number of aliphatic carboxylic acids is 1. The van der Waals surface area contributed by atoms with Gasteiger partial charge in [0.2, 0.25) is 5.91 Å². The van der Waals surface area contributed by atoms with Crippen molar-refractivity contribution in [3.8, 4) is 0 Å². The molecule has 0 aliphatic carbocycles. The van der Waals surface area contributed by atoms with Crippen molar-refractivity contribution in [1.82, 2.24) is 15.5 Å². The van der Waals surface area contributed by atoms with Gasteiger partial charge in [0.15, 0.2) is 0 Å². The van der Waals surface area contributed by atoms with E-state index in [0.717, 1.165) is 0 Å². The highest BCUT2D eigenvalue weighted by atomic mass is 16.5. The Morgan fingerprint density at radius 3 is 2.65 bits per heavy atom. The predicted octanol–water partition coefficient (Wildman–Crippen LogP) is -0.994. The lowest BCUT2D eigenvalue weighted by Crippen LogP contribution is -2.49. The predicted molar refractivity (Wildman–Crippen MR) is 68.1 cm³/mol. The van der Waals surface area contributed by atoms with E-state index in [1.807, 2.05) is 0 Å². The molecular weight excluding hydrogens is 266 g/mol. The highest BCUT2D eigenvalue weighted by Gasteiger charge is 2.36. The topological polar surface area (TPSA) is 108 Å². The first-order valence-electron chi connectivity index (χ1n) is 6.60. The van der Waals surface area contributed by atoms with Crippen LogP contribution in [0.1, 0.15) is 13.3 Å². The fraction of sp³-hybridized carbons (Fsp3) is 0.750. The number of rotatable bonds is 3. The first-order chi connectivity index (χ1) is 9.47. The number of nitrogens with zero attached hydrogens (tertiary/aromatic N) is 1. The van der Waals surface area contributed by atoms with E-state index in [0.29, 0.717) is 19.5 Å². The SMILES string of the molecule is CC(=O)NC1CCN(C(=O)NC2COCC2C(=O)O)C1. The second-order valence-corrected chi connectivity index (χ2v) is 5.17. The number of likely N-dealkylation sites (tertiary alicyclic amines) is 1. The van der Waals surface area contributed by atoms with Crippen LogP contribution in [0.4, 0.5) is 4.79 Å². The summed E-state index contributed by atoms with van der Waals surface area (Å²) < 4.78 is 5.10. The standard InChI is InChI=1S/C12H19N3O5/c1-7(16)13-8-2-3-15(4-8)12(19)14-10-6-20-5-9(10)11(17)18/h8-10H,2-6H2,1H3,(H,13,16)(H,14,19)(H,17,18). The average Bonchev–Trinajstić information content (AvgIpc) is 2.97. The van der Waals surface area contributed by atoms with E-state index in [9.17, 15) is 14.4 Å². The van der Waals surface area contributed by atoms with Gasteiger partial charge in [0.25, 0.3) is 0 Å². The Kier molecular flexibility index (Phi) is 4.43. The number of urea groups is 1. The molecule has 112 valence electrons. The number of ether oxygens (including phenoxy) is 1. The molecule has 3 atom stereocenters. The van der Waals surface area contributed by atoms with Crippen molar-refractivity contribution >= 4 is 17.9 Å². The summed E-state index contributed by atoms with van der Waals surface area (Å²) in [5, 5.41) is 14.5. The zero-order chi connectivity index (χ0) is 14.7. The van der Waals surface area contributed by atoms with Crippen molar-refractivity contribution in [2.24, 2.45) is 5.92 Å². The van der Waals surface area contributed by atoms with Gasteiger partial charge in [0.05, 0.1) is 19.3 Å². The van der Waals surface area contributed by atoms with Crippen LogP contribution in [0.5, 0.6) is 0 Å². The minimum Gasteiger partial charge on any atom is -0.481 e. The molecule has 20 heavy (non-hydrogen) atoms. The lowest BCUT2D eigenvalue weighted by molar-refractivity contribution is -0.142. The molecule has 3 amide bonds. The summed E-state index contributed by atoms with van der Waals surface area (Å²) >= 11 is 0. The highest BCUT2D eigenvalue weighted by Crippen LogP contribution is 2.15. The number of nitrogens with one attached hydrogen (secondary N) is 2. The average molecular weight is 285 g/mol. The maximum absolute atomic E-state index is 12.1. The van der Waals surface area contributed by atoms with E-state index in [2.05, 4.69) is 10.6 Å². The Hall–Kier alpha value is -1.83. The first kappa shape index (κ1) is 14.6. The van der Waals surface area contributed by atoms with Gasteiger partial charge in [-0.2, -0.15) is 0 Å². The smallest absolute Gasteiger partial charge is 0.317 e. The molecule has 3 unspecified atom stereocenters. The first-order valence-corrected chi connectivity index (χ1v) is 6.60. The molecule has 0 saturated carbocycles. The highest BCUT2D eigenvalue weighted by molar-refractivity contribution is 5.78. The third-order valence-electron chi connectivity index (χ3n) is 3.59. The maximum Gasteiger partial charge on any atom is 0.317 e. The monoisotopic (exact) mass is 285 g/mol. The van der Waals surface area contributed by atoms with Crippen LogP contribution in [0.25, 0.3) is 0 Å². The second-order valence-electron chi connectivity index (χ2n) is 5.17. The van der Waals surface area contributed by atoms with Gasteiger partial charge in [-0.05, 0) is 6.42 Å². The summed E-state index contributed by atoms with van der Waals surface area (Å²) in [6.45, 7) is 2.76. The zero-order valence-corrected chi connectivity index (χ0v) is 11.3. The van der Waals surface area contributed by atoms with Crippen LogP contribution in [-0.4, -0.2) is 66.3 Å². The van der Waals surface area contributed by atoms with Crippen molar-refractivity contribution in [3.63, 3.8) is 0 Å². The van der Waals surface area contributed by atoms with Gasteiger partial charge in [0.1, 0.15) is 5.92 Å². The quantitative estimate of drug-likeness (QED) is 0.617. The molecule has 0 bridgehead atoms. The zero-order valence-electron chi connectivity index (χ0n) is 11.3. The molecule has 0 aromatic carbocycles. The molecule has 0 aromatic rings. The number of carboxylic acids is 1. The summed E-state index contributed by atoms with van der Waals surface area (Å²) in [7, 11) is 0. The van der Waals surface area contributed by atoms with Crippen LogP contribution in [0.3, 0.4) is 0 Å². The van der Waals surface area contributed by atoms with Gasteiger partial charge >= 0.3 is 12.0 Å².